The minimum absolute atomic E-state index is 0.0379. The third-order valence-electron chi connectivity index (χ3n) is 7.13. The molecule has 0 unspecified atom stereocenters. The van der Waals surface area contributed by atoms with Gasteiger partial charge >= 0.3 is 0 Å². The number of amides is 3. The van der Waals surface area contributed by atoms with Crippen LogP contribution in [0.2, 0.25) is 0 Å². The fourth-order valence-electron chi connectivity index (χ4n) is 5.48. The summed E-state index contributed by atoms with van der Waals surface area (Å²) in [7, 11) is 0. The maximum Gasteiger partial charge on any atom is 0.242 e. The van der Waals surface area contributed by atoms with E-state index in [1.165, 1.54) is 4.90 Å². The van der Waals surface area contributed by atoms with Crippen LogP contribution in [0.25, 0.3) is 0 Å². The molecule has 0 spiro atoms. The summed E-state index contributed by atoms with van der Waals surface area (Å²) in [5.74, 6) is -0.646. The Morgan fingerprint density at radius 2 is 1.47 bits per heavy atom. The number of Topliss-reactive ketones (excluding diaryl/α,β-unsaturated/α-hetero) is 1. The van der Waals surface area contributed by atoms with Gasteiger partial charge in [0.05, 0.1) is 11.8 Å². The monoisotopic (exact) mass is 407 g/mol. The Morgan fingerprint density at radius 1 is 0.900 bits per heavy atom. The van der Waals surface area contributed by atoms with Crippen LogP contribution in [-0.4, -0.2) is 66.0 Å². The summed E-state index contributed by atoms with van der Waals surface area (Å²) in [5, 5.41) is 0. The molecule has 4 atom stereocenters. The van der Waals surface area contributed by atoms with Crippen molar-refractivity contribution in [1.82, 2.24) is 9.80 Å². The number of benzene rings is 1. The third kappa shape index (κ3) is 2.95. The van der Waals surface area contributed by atoms with Gasteiger partial charge in [0.2, 0.25) is 17.7 Å². The molecule has 7 nitrogen and oxygen atoms in total. The lowest BCUT2D eigenvalue weighted by Gasteiger charge is -2.36. The summed E-state index contributed by atoms with van der Waals surface area (Å²) < 4.78 is 0. The Kier molecular flexibility index (Phi) is 4.49. The van der Waals surface area contributed by atoms with Crippen molar-refractivity contribution in [2.45, 2.75) is 13.3 Å². The van der Waals surface area contributed by atoms with Crippen LogP contribution < -0.4 is 4.90 Å². The van der Waals surface area contributed by atoms with E-state index >= 15 is 0 Å². The standard InChI is InChI=1S/C23H25N3O4/c1-14(27)15-4-6-18(7-5-15)24-8-10-25(11-9-24)19(28)13-26-22(29)20-16-2-3-17(12-16)21(20)23(26)30/h2-7,16-17,20-21H,8-13H2,1H3/t16-,17-,20-,21+/m0/s1. The molecule has 4 aliphatic rings. The number of imide groups is 1. The van der Waals surface area contributed by atoms with Crippen molar-refractivity contribution in [2.24, 2.45) is 23.7 Å². The molecule has 2 bridgehead atoms. The van der Waals surface area contributed by atoms with Crippen molar-refractivity contribution in [2.75, 3.05) is 37.6 Å². The van der Waals surface area contributed by atoms with Gasteiger partial charge in [-0.1, -0.05) is 12.2 Å². The quantitative estimate of drug-likeness (QED) is 0.428. The average molecular weight is 407 g/mol. The molecule has 7 heteroatoms. The fourth-order valence-corrected chi connectivity index (χ4v) is 5.48. The maximum atomic E-state index is 12.8. The SMILES string of the molecule is CC(=O)c1ccc(N2CCN(C(=O)CN3C(=O)[C@@H]4[C@H](C3=O)[C@H]3C=C[C@H]4C3)CC2)cc1. The molecule has 30 heavy (non-hydrogen) atoms. The summed E-state index contributed by atoms with van der Waals surface area (Å²) in [6.45, 7) is 3.84. The molecule has 5 rings (SSSR count). The van der Waals surface area contributed by atoms with Crippen LogP contribution in [0.4, 0.5) is 5.69 Å². The number of nitrogens with zero attached hydrogens (tertiary/aromatic N) is 3. The van der Waals surface area contributed by atoms with Gasteiger partial charge < -0.3 is 9.80 Å². The van der Waals surface area contributed by atoms with Crippen LogP contribution in [-0.2, 0) is 14.4 Å². The fraction of sp³-hybridized carbons (Fsp3) is 0.478. The number of fused-ring (bicyclic) bond motifs is 5. The lowest BCUT2D eigenvalue weighted by molar-refractivity contribution is -0.147. The molecule has 156 valence electrons. The second kappa shape index (κ2) is 7.07. The zero-order chi connectivity index (χ0) is 21.0. The summed E-state index contributed by atoms with van der Waals surface area (Å²) >= 11 is 0. The second-order valence-electron chi connectivity index (χ2n) is 8.73. The molecule has 0 radical (unpaired) electrons. The smallest absolute Gasteiger partial charge is 0.242 e. The van der Waals surface area contributed by atoms with Gasteiger partial charge in [-0.05, 0) is 49.4 Å². The minimum atomic E-state index is -0.255. The largest absolute Gasteiger partial charge is 0.368 e. The van der Waals surface area contributed by atoms with Gasteiger partial charge in [0, 0.05) is 37.4 Å². The van der Waals surface area contributed by atoms with Crippen LogP contribution in [0.5, 0.6) is 0 Å². The first-order chi connectivity index (χ1) is 14.4. The third-order valence-corrected chi connectivity index (χ3v) is 7.13. The number of hydrogen-bond acceptors (Lipinski definition) is 5. The predicted molar refractivity (Wildman–Crippen MR) is 110 cm³/mol. The van der Waals surface area contributed by atoms with Gasteiger partial charge in [-0.3, -0.25) is 24.1 Å². The summed E-state index contributed by atoms with van der Waals surface area (Å²) in [5.41, 5.74) is 1.70. The Morgan fingerprint density at radius 3 is 2.00 bits per heavy atom. The number of piperazine rings is 1. The summed E-state index contributed by atoms with van der Waals surface area (Å²) in [6, 6.07) is 7.49. The number of ketones is 1. The van der Waals surface area contributed by atoms with Crippen molar-refractivity contribution in [3.8, 4) is 0 Å². The molecule has 2 aliphatic heterocycles. The van der Waals surface area contributed by atoms with Crippen LogP contribution in [0, 0.1) is 23.7 Å². The number of carbonyl (C=O) groups excluding carboxylic acids is 4. The van der Waals surface area contributed by atoms with Gasteiger partial charge in [-0.2, -0.15) is 0 Å². The number of rotatable bonds is 4. The van der Waals surface area contributed by atoms with Crippen LogP contribution in [0.3, 0.4) is 0 Å². The Balaban J connectivity index is 1.18. The first-order valence-corrected chi connectivity index (χ1v) is 10.6. The molecule has 1 aromatic carbocycles. The minimum Gasteiger partial charge on any atom is -0.368 e. The lowest BCUT2D eigenvalue weighted by atomic mass is 9.85. The first kappa shape index (κ1) is 19.0. The lowest BCUT2D eigenvalue weighted by Crippen LogP contribution is -2.52. The van der Waals surface area contributed by atoms with Crippen molar-refractivity contribution >= 4 is 29.2 Å². The molecular weight excluding hydrogens is 382 g/mol. The molecule has 3 amide bonds. The van der Waals surface area contributed by atoms with Gasteiger partial charge in [0.1, 0.15) is 6.54 Å². The van der Waals surface area contributed by atoms with E-state index in [9.17, 15) is 19.2 Å². The van der Waals surface area contributed by atoms with Crippen molar-refractivity contribution in [3.05, 3.63) is 42.0 Å². The maximum absolute atomic E-state index is 12.8. The van der Waals surface area contributed by atoms with Crippen LogP contribution in [0.15, 0.2) is 36.4 Å². The molecule has 0 N–H and O–H groups in total. The van der Waals surface area contributed by atoms with Gasteiger partial charge in [0.15, 0.2) is 5.78 Å². The molecule has 1 saturated carbocycles. The molecule has 2 aliphatic carbocycles. The zero-order valence-corrected chi connectivity index (χ0v) is 17.0. The highest BCUT2D eigenvalue weighted by atomic mass is 16.2. The van der Waals surface area contributed by atoms with Crippen molar-refractivity contribution in [3.63, 3.8) is 0 Å². The van der Waals surface area contributed by atoms with E-state index in [0.29, 0.717) is 31.7 Å². The number of anilines is 1. The molecule has 2 heterocycles. The second-order valence-corrected chi connectivity index (χ2v) is 8.73. The van der Waals surface area contributed by atoms with Crippen molar-refractivity contribution in [1.29, 1.82) is 0 Å². The molecule has 2 saturated heterocycles. The van der Waals surface area contributed by atoms with E-state index in [2.05, 4.69) is 17.1 Å². The topological polar surface area (TPSA) is 78.0 Å². The van der Waals surface area contributed by atoms with E-state index in [0.717, 1.165) is 12.1 Å². The van der Waals surface area contributed by atoms with E-state index in [4.69, 9.17) is 0 Å². The Labute approximate surface area is 175 Å². The normalized spacial score (nSPS) is 29.7. The molecule has 3 fully saturated rings. The van der Waals surface area contributed by atoms with E-state index in [1.807, 2.05) is 24.3 Å². The molecular formula is C23H25N3O4. The Hall–Kier alpha value is -2.96. The van der Waals surface area contributed by atoms with Gasteiger partial charge in [-0.15, -0.1) is 0 Å². The average Bonchev–Trinajstić information content (AvgIpc) is 3.44. The molecule has 1 aromatic rings. The number of hydrogen-bond donors (Lipinski definition) is 0. The summed E-state index contributed by atoms with van der Waals surface area (Å²) in [4.78, 5) is 54.9. The highest BCUT2D eigenvalue weighted by Gasteiger charge is 2.59. The van der Waals surface area contributed by atoms with Gasteiger partial charge in [-0.25, -0.2) is 0 Å². The number of likely N-dealkylation sites (tertiary alicyclic amines) is 1. The highest BCUT2D eigenvalue weighted by molar-refractivity contribution is 6.08. The van der Waals surface area contributed by atoms with Crippen LogP contribution >= 0.6 is 0 Å². The van der Waals surface area contributed by atoms with Crippen molar-refractivity contribution < 1.29 is 19.2 Å². The predicted octanol–water partition coefficient (Wildman–Crippen LogP) is 1.34. The highest BCUT2D eigenvalue weighted by Crippen LogP contribution is 2.52. The zero-order valence-electron chi connectivity index (χ0n) is 17.0. The van der Waals surface area contributed by atoms with E-state index in [-0.39, 0.29) is 53.7 Å². The Bertz CT molecular complexity index is 916. The van der Waals surface area contributed by atoms with E-state index < -0.39 is 0 Å². The first-order valence-electron chi connectivity index (χ1n) is 10.6. The van der Waals surface area contributed by atoms with E-state index in [1.54, 1.807) is 11.8 Å². The molecule has 0 aromatic heterocycles. The number of allylic oxidation sites excluding steroid dienone is 2. The van der Waals surface area contributed by atoms with Crippen LogP contribution in [0.1, 0.15) is 23.7 Å². The number of carbonyl (C=O) groups is 4. The van der Waals surface area contributed by atoms with Gasteiger partial charge in [0.25, 0.3) is 0 Å². The summed E-state index contributed by atoms with van der Waals surface area (Å²) in [6.07, 6.45) is 5.01.